The number of hydrogen-bond acceptors (Lipinski definition) is 5. The molecule has 3 N–H and O–H groups in total. The number of benzene rings is 2. The Morgan fingerprint density at radius 2 is 1.45 bits per heavy atom. The molecule has 1 aromatic heterocycles. The van der Waals surface area contributed by atoms with E-state index < -0.39 is 0 Å². The zero-order valence-corrected chi connectivity index (χ0v) is 16.0. The highest BCUT2D eigenvalue weighted by Crippen LogP contribution is 2.18. The van der Waals surface area contributed by atoms with Crippen LogP contribution in [0.5, 0.6) is 0 Å². The van der Waals surface area contributed by atoms with Gasteiger partial charge in [-0.15, -0.1) is 0 Å². The highest BCUT2D eigenvalue weighted by Gasteiger charge is 2.08. The molecule has 0 saturated heterocycles. The highest BCUT2D eigenvalue weighted by molar-refractivity contribution is 6.04. The van der Waals surface area contributed by atoms with Gasteiger partial charge in [0.05, 0.1) is 5.56 Å². The van der Waals surface area contributed by atoms with Gasteiger partial charge in [0.15, 0.2) is 5.78 Å². The number of nitrogens with zero attached hydrogens (tertiary/aromatic N) is 1. The van der Waals surface area contributed by atoms with Crippen LogP contribution in [0, 0.1) is 0 Å². The molecular formula is C22H20N4O3. The third-order valence-electron chi connectivity index (χ3n) is 4.03. The quantitative estimate of drug-likeness (QED) is 0.549. The van der Waals surface area contributed by atoms with Crippen LogP contribution >= 0.6 is 0 Å². The largest absolute Gasteiger partial charge is 0.340 e. The van der Waals surface area contributed by atoms with Gasteiger partial charge in [-0.25, -0.2) is 4.98 Å². The van der Waals surface area contributed by atoms with Gasteiger partial charge in [-0.05, 0) is 55.5 Å². The predicted octanol–water partition coefficient (Wildman–Crippen LogP) is 4.24. The Balaban J connectivity index is 1.63. The molecule has 7 heteroatoms. The maximum atomic E-state index is 12.4. The van der Waals surface area contributed by atoms with Crippen molar-refractivity contribution >= 4 is 40.5 Å². The van der Waals surface area contributed by atoms with Crippen molar-refractivity contribution in [2.75, 3.05) is 16.0 Å². The molecule has 3 rings (SSSR count). The van der Waals surface area contributed by atoms with Crippen LogP contribution < -0.4 is 16.0 Å². The van der Waals surface area contributed by atoms with Gasteiger partial charge >= 0.3 is 0 Å². The molecule has 0 unspecified atom stereocenters. The van der Waals surface area contributed by atoms with Gasteiger partial charge in [-0.2, -0.15) is 0 Å². The van der Waals surface area contributed by atoms with Crippen LogP contribution in [-0.2, 0) is 4.79 Å². The lowest BCUT2D eigenvalue weighted by atomic mass is 10.1. The van der Waals surface area contributed by atoms with Crippen LogP contribution in [-0.4, -0.2) is 22.6 Å². The number of amides is 2. The van der Waals surface area contributed by atoms with E-state index in [0.717, 1.165) is 5.69 Å². The molecule has 29 heavy (non-hydrogen) atoms. The maximum Gasteiger partial charge on any atom is 0.257 e. The van der Waals surface area contributed by atoms with E-state index in [0.29, 0.717) is 28.3 Å². The average Bonchev–Trinajstić information content (AvgIpc) is 2.70. The number of ketones is 1. The molecule has 0 aliphatic carbocycles. The first-order chi connectivity index (χ1) is 13.9. The summed E-state index contributed by atoms with van der Waals surface area (Å²) in [5.41, 5.74) is 3.00. The van der Waals surface area contributed by atoms with Gasteiger partial charge in [0.1, 0.15) is 5.82 Å². The van der Waals surface area contributed by atoms with E-state index in [-0.39, 0.29) is 17.6 Å². The van der Waals surface area contributed by atoms with Crippen LogP contribution in [0.1, 0.15) is 34.6 Å². The Hall–Kier alpha value is -4.00. The normalized spacial score (nSPS) is 10.1. The number of Topliss-reactive ketones (excluding diaryl/α,β-unsaturated/α-hetero) is 1. The smallest absolute Gasteiger partial charge is 0.257 e. The number of rotatable bonds is 6. The molecule has 3 aromatic rings. The summed E-state index contributed by atoms with van der Waals surface area (Å²) in [7, 11) is 0. The summed E-state index contributed by atoms with van der Waals surface area (Å²) in [5.74, 6) is 0.0881. The summed E-state index contributed by atoms with van der Waals surface area (Å²) in [4.78, 5) is 39.2. The van der Waals surface area contributed by atoms with Crippen LogP contribution in [0.15, 0.2) is 66.9 Å². The summed E-state index contributed by atoms with van der Waals surface area (Å²) < 4.78 is 0. The lowest BCUT2D eigenvalue weighted by Crippen LogP contribution is -2.12. The molecular weight excluding hydrogens is 368 g/mol. The fourth-order valence-corrected chi connectivity index (χ4v) is 2.61. The molecule has 0 atom stereocenters. The first-order valence-electron chi connectivity index (χ1n) is 8.94. The van der Waals surface area contributed by atoms with Gasteiger partial charge < -0.3 is 16.0 Å². The minimum absolute atomic E-state index is 0.0151. The van der Waals surface area contributed by atoms with Gasteiger partial charge in [-0.3, -0.25) is 14.4 Å². The minimum Gasteiger partial charge on any atom is -0.340 e. The van der Waals surface area contributed by atoms with E-state index in [4.69, 9.17) is 0 Å². The molecule has 146 valence electrons. The lowest BCUT2D eigenvalue weighted by molar-refractivity contribution is -0.114. The summed E-state index contributed by atoms with van der Waals surface area (Å²) in [6.07, 6.45) is 1.47. The fraction of sp³-hybridized carbons (Fsp3) is 0.0909. The predicted molar refractivity (Wildman–Crippen MR) is 113 cm³/mol. The van der Waals surface area contributed by atoms with Crippen LogP contribution in [0.3, 0.4) is 0 Å². The van der Waals surface area contributed by atoms with Crippen molar-refractivity contribution in [2.45, 2.75) is 13.8 Å². The van der Waals surface area contributed by atoms with Crippen molar-refractivity contribution in [3.63, 3.8) is 0 Å². The van der Waals surface area contributed by atoms with Crippen molar-refractivity contribution in [3.8, 4) is 0 Å². The standard InChI is InChI=1S/C22H20N4O3/c1-14(27)16-4-3-5-20(12-16)25-21-11-6-17(13-23-21)22(29)26-19-9-7-18(8-10-19)24-15(2)28/h3-13H,1-2H3,(H,23,25)(H,24,28)(H,26,29). The Morgan fingerprint density at radius 1 is 0.759 bits per heavy atom. The third-order valence-corrected chi connectivity index (χ3v) is 4.03. The summed E-state index contributed by atoms with van der Waals surface area (Å²) in [5, 5.41) is 8.55. The molecule has 0 radical (unpaired) electrons. The highest BCUT2D eigenvalue weighted by atomic mass is 16.2. The molecule has 0 bridgehead atoms. The second-order valence-corrected chi connectivity index (χ2v) is 6.41. The van der Waals surface area contributed by atoms with E-state index in [9.17, 15) is 14.4 Å². The van der Waals surface area contributed by atoms with Gasteiger partial charge in [-0.1, -0.05) is 12.1 Å². The number of aromatic nitrogens is 1. The Morgan fingerprint density at radius 3 is 2.03 bits per heavy atom. The van der Waals surface area contributed by atoms with E-state index in [1.807, 2.05) is 6.07 Å². The van der Waals surface area contributed by atoms with E-state index in [2.05, 4.69) is 20.9 Å². The molecule has 0 spiro atoms. The maximum absolute atomic E-state index is 12.4. The number of carbonyl (C=O) groups is 3. The second kappa shape index (κ2) is 8.79. The monoisotopic (exact) mass is 388 g/mol. The number of carbonyl (C=O) groups excluding carboxylic acids is 3. The molecule has 2 amide bonds. The molecule has 2 aromatic carbocycles. The topological polar surface area (TPSA) is 100 Å². The number of anilines is 4. The fourth-order valence-electron chi connectivity index (χ4n) is 2.61. The van der Waals surface area contributed by atoms with Gasteiger partial charge in [0, 0.05) is 35.7 Å². The summed E-state index contributed by atoms with van der Waals surface area (Å²) >= 11 is 0. The SMILES string of the molecule is CC(=O)Nc1ccc(NC(=O)c2ccc(Nc3cccc(C(C)=O)c3)nc2)cc1. The van der Waals surface area contributed by atoms with E-state index in [1.54, 1.807) is 54.6 Å². The van der Waals surface area contributed by atoms with Crippen molar-refractivity contribution in [2.24, 2.45) is 0 Å². The van der Waals surface area contributed by atoms with Crippen LogP contribution in [0.2, 0.25) is 0 Å². The van der Waals surface area contributed by atoms with Crippen LogP contribution in [0.4, 0.5) is 22.9 Å². The van der Waals surface area contributed by atoms with Crippen molar-refractivity contribution < 1.29 is 14.4 Å². The third kappa shape index (κ3) is 5.49. The zero-order chi connectivity index (χ0) is 20.8. The Bertz CT molecular complexity index is 1040. The molecule has 0 aliphatic heterocycles. The van der Waals surface area contributed by atoms with E-state index in [1.165, 1.54) is 20.0 Å². The number of nitrogens with one attached hydrogen (secondary N) is 3. The molecule has 0 aliphatic rings. The van der Waals surface area contributed by atoms with Crippen molar-refractivity contribution in [3.05, 3.63) is 78.0 Å². The first-order valence-corrected chi connectivity index (χ1v) is 8.94. The van der Waals surface area contributed by atoms with E-state index >= 15 is 0 Å². The average molecular weight is 388 g/mol. The zero-order valence-electron chi connectivity index (χ0n) is 16.0. The molecule has 7 nitrogen and oxygen atoms in total. The van der Waals surface area contributed by atoms with Gasteiger partial charge in [0.25, 0.3) is 5.91 Å². The Kier molecular flexibility index (Phi) is 5.99. The minimum atomic E-state index is -0.296. The number of hydrogen-bond donors (Lipinski definition) is 3. The second-order valence-electron chi connectivity index (χ2n) is 6.41. The number of pyridine rings is 1. The lowest BCUT2D eigenvalue weighted by Gasteiger charge is -2.09. The molecule has 1 heterocycles. The molecule has 0 fully saturated rings. The van der Waals surface area contributed by atoms with Crippen molar-refractivity contribution in [1.29, 1.82) is 0 Å². The molecule has 0 saturated carbocycles. The van der Waals surface area contributed by atoms with Crippen molar-refractivity contribution in [1.82, 2.24) is 4.98 Å². The van der Waals surface area contributed by atoms with Gasteiger partial charge in [0.2, 0.25) is 5.91 Å². The first kappa shape index (κ1) is 19.8. The summed E-state index contributed by atoms with van der Waals surface area (Å²) in [6, 6.07) is 17.3. The Labute approximate surface area is 168 Å². The summed E-state index contributed by atoms with van der Waals surface area (Å²) in [6.45, 7) is 2.94. The van der Waals surface area contributed by atoms with Crippen LogP contribution in [0.25, 0.3) is 0 Å².